The first-order valence-corrected chi connectivity index (χ1v) is 15.3. The van der Waals surface area contributed by atoms with Gasteiger partial charge in [-0.05, 0) is 68.0 Å². The zero-order valence-electron chi connectivity index (χ0n) is 21.7. The predicted octanol–water partition coefficient (Wildman–Crippen LogP) is 4.95. The molecule has 2 aliphatic rings. The Morgan fingerprint density at radius 2 is 1.97 bits per heavy atom. The summed E-state index contributed by atoms with van der Waals surface area (Å²) in [5.74, 6) is 2.56. The maximum atomic E-state index is 13.4. The molecule has 3 aromatic rings. The number of hydrogen-bond acceptors (Lipinski definition) is 7. The third-order valence-corrected chi connectivity index (χ3v) is 10.1. The molecule has 1 aromatic heterocycles. The second-order valence-electron chi connectivity index (χ2n) is 9.87. The zero-order valence-corrected chi connectivity index (χ0v) is 23.3. The van der Waals surface area contributed by atoms with Gasteiger partial charge in [-0.25, -0.2) is 13.4 Å². The summed E-state index contributed by atoms with van der Waals surface area (Å²) in [5, 5.41) is 0.830. The highest BCUT2D eigenvalue weighted by Crippen LogP contribution is 2.34. The molecule has 0 amide bonds. The minimum Gasteiger partial charge on any atom is -0.497 e. The first-order chi connectivity index (χ1) is 17.9. The summed E-state index contributed by atoms with van der Waals surface area (Å²) < 4.78 is 47.5. The molecule has 2 saturated heterocycles. The number of benzene rings is 2. The lowest BCUT2D eigenvalue weighted by molar-refractivity contribution is 0.0960. The molecule has 0 saturated carbocycles. The average Bonchev–Trinajstić information content (AvgIpc) is 3.55. The van der Waals surface area contributed by atoms with Gasteiger partial charge in [0.15, 0.2) is 5.16 Å². The molecule has 8 nitrogen and oxygen atoms in total. The number of ether oxygens (including phenoxy) is 3. The fourth-order valence-electron chi connectivity index (χ4n) is 5.18. The molecule has 0 N–H and O–H groups in total. The molecule has 37 heavy (non-hydrogen) atoms. The molecule has 0 radical (unpaired) electrons. The molecular formula is C27H35N3O5S2. The molecule has 5 rings (SSSR count). The number of methoxy groups -OCH3 is 2. The van der Waals surface area contributed by atoms with Gasteiger partial charge in [0.2, 0.25) is 10.0 Å². The van der Waals surface area contributed by atoms with Crippen LogP contribution >= 0.6 is 11.8 Å². The van der Waals surface area contributed by atoms with E-state index in [1.807, 2.05) is 24.3 Å². The van der Waals surface area contributed by atoms with E-state index in [2.05, 4.69) is 11.5 Å². The number of thioether (sulfide) groups is 1. The number of fused-ring (bicyclic) bond motifs is 1. The van der Waals surface area contributed by atoms with Crippen molar-refractivity contribution in [3.05, 3.63) is 42.0 Å². The van der Waals surface area contributed by atoms with Gasteiger partial charge >= 0.3 is 0 Å². The molecule has 0 spiro atoms. The number of aromatic nitrogens is 2. The quantitative estimate of drug-likeness (QED) is 0.352. The molecule has 0 unspecified atom stereocenters. The lowest BCUT2D eigenvalue weighted by Gasteiger charge is -2.30. The van der Waals surface area contributed by atoms with Gasteiger partial charge < -0.3 is 18.8 Å². The molecule has 2 aliphatic heterocycles. The number of nitrogens with zero attached hydrogens (tertiary/aromatic N) is 3. The van der Waals surface area contributed by atoms with Crippen LogP contribution in [0, 0.1) is 5.92 Å². The molecule has 10 heteroatoms. The highest BCUT2D eigenvalue weighted by atomic mass is 32.2. The van der Waals surface area contributed by atoms with Crippen molar-refractivity contribution in [3.8, 4) is 11.5 Å². The third kappa shape index (κ3) is 5.62. The van der Waals surface area contributed by atoms with Gasteiger partial charge in [-0.1, -0.05) is 18.7 Å². The van der Waals surface area contributed by atoms with Gasteiger partial charge in [0.25, 0.3) is 0 Å². The van der Waals surface area contributed by atoms with Crippen molar-refractivity contribution in [3.63, 3.8) is 0 Å². The van der Waals surface area contributed by atoms with E-state index in [4.69, 9.17) is 19.2 Å². The monoisotopic (exact) mass is 545 g/mol. The van der Waals surface area contributed by atoms with Crippen LogP contribution in [-0.2, 0) is 27.1 Å². The molecule has 200 valence electrons. The van der Waals surface area contributed by atoms with Gasteiger partial charge in [0, 0.05) is 31.0 Å². The first-order valence-electron chi connectivity index (χ1n) is 12.8. The molecule has 2 atom stereocenters. The van der Waals surface area contributed by atoms with Crippen molar-refractivity contribution < 1.29 is 22.6 Å². The summed E-state index contributed by atoms with van der Waals surface area (Å²) in [7, 11) is -0.253. The number of sulfonamides is 1. The van der Waals surface area contributed by atoms with E-state index in [1.54, 1.807) is 42.4 Å². The minimum absolute atomic E-state index is 0.126. The van der Waals surface area contributed by atoms with Crippen LogP contribution in [0.4, 0.5) is 0 Å². The first kappa shape index (κ1) is 26.3. The normalized spacial score (nSPS) is 20.9. The van der Waals surface area contributed by atoms with Crippen LogP contribution in [0.15, 0.2) is 46.5 Å². The minimum atomic E-state index is -3.56. The van der Waals surface area contributed by atoms with Crippen molar-refractivity contribution in [1.82, 2.24) is 13.9 Å². The van der Waals surface area contributed by atoms with Crippen molar-refractivity contribution in [1.29, 1.82) is 0 Å². The number of hydrogen-bond donors (Lipinski definition) is 0. The van der Waals surface area contributed by atoms with Crippen molar-refractivity contribution in [2.24, 2.45) is 5.92 Å². The van der Waals surface area contributed by atoms with Crippen LogP contribution in [0.25, 0.3) is 11.0 Å². The molecule has 0 bridgehead atoms. The van der Waals surface area contributed by atoms with Gasteiger partial charge in [-0.15, -0.1) is 0 Å². The second kappa shape index (κ2) is 11.2. The highest BCUT2D eigenvalue weighted by Gasteiger charge is 2.29. The summed E-state index contributed by atoms with van der Waals surface area (Å²) >= 11 is 1.60. The maximum Gasteiger partial charge on any atom is 0.243 e. The topological polar surface area (TPSA) is 82.9 Å². The molecular weight excluding hydrogens is 510 g/mol. The summed E-state index contributed by atoms with van der Waals surface area (Å²) in [5.41, 5.74) is 2.61. The Labute approximate surface area is 223 Å². The van der Waals surface area contributed by atoms with Crippen LogP contribution in [0.2, 0.25) is 0 Å². The van der Waals surface area contributed by atoms with Crippen LogP contribution in [0.1, 0.15) is 38.2 Å². The van der Waals surface area contributed by atoms with Crippen LogP contribution in [0.5, 0.6) is 11.5 Å². The zero-order chi connectivity index (χ0) is 26.0. The molecule has 2 fully saturated rings. The summed E-state index contributed by atoms with van der Waals surface area (Å²) in [6, 6.07) is 11.1. The van der Waals surface area contributed by atoms with Gasteiger partial charge in [0.1, 0.15) is 11.5 Å². The van der Waals surface area contributed by atoms with Crippen molar-refractivity contribution in [2.45, 2.75) is 61.1 Å². The summed E-state index contributed by atoms with van der Waals surface area (Å²) in [6.07, 6.45) is 4.15. The van der Waals surface area contributed by atoms with Gasteiger partial charge in [0.05, 0.1) is 42.8 Å². The van der Waals surface area contributed by atoms with Crippen LogP contribution in [0.3, 0.4) is 0 Å². The predicted molar refractivity (Wildman–Crippen MR) is 145 cm³/mol. The van der Waals surface area contributed by atoms with Crippen molar-refractivity contribution in [2.75, 3.05) is 33.9 Å². The third-order valence-electron chi connectivity index (χ3n) is 7.20. The Bertz CT molecular complexity index is 1350. The van der Waals surface area contributed by atoms with E-state index in [0.29, 0.717) is 41.7 Å². The Morgan fingerprint density at radius 3 is 2.70 bits per heavy atom. The van der Waals surface area contributed by atoms with E-state index in [0.717, 1.165) is 60.0 Å². The average molecular weight is 546 g/mol. The Balaban J connectivity index is 1.48. The number of imidazole rings is 1. The Kier molecular flexibility index (Phi) is 7.99. The van der Waals surface area contributed by atoms with Crippen LogP contribution < -0.4 is 9.47 Å². The smallest absolute Gasteiger partial charge is 0.243 e. The standard InChI is InChI=1S/C27H35N3O5S2/c1-19-6-4-12-29(16-19)37(31,32)23-9-10-25-24(15-23)28-27(30(25)17-22-7-5-13-35-22)36-18-20-14-21(33-2)8-11-26(20)34-3/h8-11,14-15,19,22H,4-7,12-13,16-18H2,1-3H3/t19-,22+/m0/s1. The van der Waals surface area contributed by atoms with E-state index in [1.165, 1.54) is 0 Å². The van der Waals surface area contributed by atoms with E-state index in [-0.39, 0.29) is 6.10 Å². The SMILES string of the molecule is COc1ccc(OC)c(CSc2nc3cc(S(=O)(=O)N4CCC[C@H](C)C4)ccc3n2C[C@H]2CCCO2)c1. The summed E-state index contributed by atoms with van der Waals surface area (Å²) in [4.78, 5) is 5.22. The lowest BCUT2D eigenvalue weighted by atomic mass is 10.0. The van der Waals surface area contributed by atoms with Crippen molar-refractivity contribution >= 4 is 32.8 Å². The maximum absolute atomic E-state index is 13.4. The fourth-order valence-corrected chi connectivity index (χ4v) is 7.80. The Morgan fingerprint density at radius 1 is 1.11 bits per heavy atom. The number of piperidine rings is 1. The van der Waals surface area contributed by atoms with E-state index >= 15 is 0 Å². The highest BCUT2D eigenvalue weighted by molar-refractivity contribution is 7.98. The fraction of sp³-hybridized carbons (Fsp3) is 0.519. The number of rotatable bonds is 9. The lowest BCUT2D eigenvalue weighted by Crippen LogP contribution is -2.39. The molecule has 2 aromatic carbocycles. The molecule has 3 heterocycles. The van der Waals surface area contributed by atoms with E-state index < -0.39 is 10.0 Å². The van der Waals surface area contributed by atoms with Gasteiger partial charge in [-0.3, -0.25) is 0 Å². The van der Waals surface area contributed by atoms with E-state index in [9.17, 15) is 8.42 Å². The second-order valence-corrected chi connectivity index (χ2v) is 12.7. The molecule has 0 aliphatic carbocycles. The Hall–Kier alpha value is -2.27. The van der Waals surface area contributed by atoms with Crippen LogP contribution in [-0.4, -0.2) is 62.3 Å². The largest absolute Gasteiger partial charge is 0.497 e. The van der Waals surface area contributed by atoms with Gasteiger partial charge in [-0.2, -0.15) is 4.31 Å². The summed E-state index contributed by atoms with van der Waals surface area (Å²) in [6.45, 7) is 4.71.